The normalized spacial score (nSPS) is 11.3. The van der Waals surface area contributed by atoms with Gasteiger partial charge in [-0.2, -0.15) is 13.2 Å². The molecule has 1 aromatic heterocycles. The van der Waals surface area contributed by atoms with Crippen LogP contribution in [0.4, 0.5) is 24.5 Å². The van der Waals surface area contributed by atoms with Crippen LogP contribution < -0.4 is 5.32 Å². The van der Waals surface area contributed by atoms with Crippen molar-refractivity contribution in [2.45, 2.75) is 6.18 Å². The maximum absolute atomic E-state index is 12.5. The van der Waals surface area contributed by atoms with E-state index in [0.29, 0.717) is 15.8 Å². The van der Waals surface area contributed by atoms with Crippen LogP contribution >= 0.6 is 15.9 Å². The molecular formula is C12H8BrF3N2. The van der Waals surface area contributed by atoms with Crippen LogP contribution in [0, 0.1) is 0 Å². The van der Waals surface area contributed by atoms with Crippen LogP contribution in [0.1, 0.15) is 5.56 Å². The first kappa shape index (κ1) is 12.9. The van der Waals surface area contributed by atoms with E-state index >= 15 is 0 Å². The van der Waals surface area contributed by atoms with E-state index in [0.717, 1.165) is 12.1 Å². The number of alkyl halides is 3. The molecule has 6 heteroatoms. The van der Waals surface area contributed by atoms with Gasteiger partial charge >= 0.3 is 6.18 Å². The fourth-order valence-corrected chi connectivity index (χ4v) is 1.75. The topological polar surface area (TPSA) is 24.9 Å². The van der Waals surface area contributed by atoms with Crippen molar-refractivity contribution in [1.29, 1.82) is 0 Å². The first-order valence-corrected chi connectivity index (χ1v) is 5.80. The lowest BCUT2D eigenvalue weighted by atomic mass is 10.2. The Bertz CT molecular complexity index is 555. The van der Waals surface area contributed by atoms with E-state index in [1.807, 2.05) is 0 Å². The van der Waals surface area contributed by atoms with Crippen molar-refractivity contribution in [3.8, 4) is 0 Å². The van der Waals surface area contributed by atoms with Crippen LogP contribution in [0.5, 0.6) is 0 Å². The molecule has 0 aliphatic heterocycles. The molecule has 0 spiro atoms. The van der Waals surface area contributed by atoms with Crippen molar-refractivity contribution in [2.75, 3.05) is 5.32 Å². The number of nitrogens with one attached hydrogen (secondary N) is 1. The van der Waals surface area contributed by atoms with E-state index in [1.165, 1.54) is 6.07 Å². The van der Waals surface area contributed by atoms with E-state index in [4.69, 9.17) is 0 Å². The Kier molecular flexibility index (Phi) is 3.56. The SMILES string of the molecule is FC(F)(F)c1cccc(Nc2ccncc2Br)c1. The Hall–Kier alpha value is -1.56. The predicted octanol–water partition coefficient (Wildman–Crippen LogP) is 4.61. The minimum Gasteiger partial charge on any atom is -0.355 e. The smallest absolute Gasteiger partial charge is 0.355 e. The quantitative estimate of drug-likeness (QED) is 0.875. The molecule has 1 aromatic carbocycles. The molecule has 0 fully saturated rings. The summed E-state index contributed by atoms with van der Waals surface area (Å²) < 4.78 is 38.3. The maximum atomic E-state index is 12.5. The Labute approximate surface area is 110 Å². The second-order valence-electron chi connectivity index (χ2n) is 3.56. The molecule has 0 aliphatic carbocycles. The first-order chi connectivity index (χ1) is 8.47. The van der Waals surface area contributed by atoms with E-state index in [1.54, 1.807) is 24.5 Å². The lowest BCUT2D eigenvalue weighted by molar-refractivity contribution is -0.137. The van der Waals surface area contributed by atoms with Crippen molar-refractivity contribution in [3.05, 3.63) is 52.8 Å². The highest BCUT2D eigenvalue weighted by Gasteiger charge is 2.30. The molecule has 0 saturated heterocycles. The van der Waals surface area contributed by atoms with E-state index < -0.39 is 11.7 Å². The molecule has 2 rings (SSSR count). The lowest BCUT2D eigenvalue weighted by Crippen LogP contribution is -2.05. The van der Waals surface area contributed by atoms with Crippen molar-refractivity contribution in [2.24, 2.45) is 0 Å². The molecule has 0 bridgehead atoms. The van der Waals surface area contributed by atoms with Crippen LogP contribution in [0.2, 0.25) is 0 Å². The van der Waals surface area contributed by atoms with Crippen LogP contribution in [-0.2, 0) is 6.18 Å². The molecule has 2 nitrogen and oxygen atoms in total. The number of nitrogens with zero attached hydrogens (tertiary/aromatic N) is 1. The zero-order valence-electron chi connectivity index (χ0n) is 9.00. The molecule has 94 valence electrons. The average Bonchev–Trinajstić information content (AvgIpc) is 2.31. The summed E-state index contributed by atoms with van der Waals surface area (Å²) in [6.45, 7) is 0. The van der Waals surface area contributed by atoms with Gasteiger partial charge in [0.25, 0.3) is 0 Å². The van der Waals surface area contributed by atoms with Crippen LogP contribution in [-0.4, -0.2) is 4.98 Å². The summed E-state index contributed by atoms with van der Waals surface area (Å²) in [4.78, 5) is 3.88. The fourth-order valence-electron chi connectivity index (χ4n) is 1.41. The highest BCUT2D eigenvalue weighted by atomic mass is 79.9. The van der Waals surface area contributed by atoms with Crippen molar-refractivity contribution >= 4 is 27.3 Å². The van der Waals surface area contributed by atoms with Gasteiger partial charge in [-0.3, -0.25) is 4.98 Å². The van der Waals surface area contributed by atoms with Gasteiger partial charge in [0.05, 0.1) is 15.7 Å². The van der Waals surface area contributed by atoms with Gasteiger partial charge in [-0.05, 0) is 40.2 Å². The van der Waals surface area contributed by atoms with Gasteiger partial charge < -0.3 is 5.32 Å². The molecular weight excluding hydrogens is 309 g/mol. The molecule has 0 radical (unpaired) electrons. The van der Waals surface area contributed by atoms with Gasteiger partial charge in [0, 0.05) is 18.1 Å². The maximum Gasteiger partial charge on any atom is 0.416 e. The number of pyridine rings is 1. The molecule has 18 heavy (non-hydrogen) atoms. The summed E-state index contributed by atoms with van der Waals surface area (Å²) in [5, 5.41) is 2.90. The number of aromatic nitrogens is 1. The number of halogens is 4. The number of benzene rings is 1. The van der Waals surface area contributed by atoms with Crippen molar-refractivity contribution in [1.82, 2.24) is 4.98 Å². The summed E-state index contributed by atoms with van der Waals surface area (Å²) in [6.07, 6.45) is -1.22. The zero-order chi connectivity index (χ0) is 13.2. The van der Waals surface area contributed by atoms with E-state index in [2.05, 4.69) is 26.2 Å². The van der Waals surface area contributed by atoms with Crippen LogP contribution in [0.15, 0.2) is 47.2 Å². The molecule has 1 heterocycles. The van der Waals surface area contributed by atoms with Crippen molar-refractivity contribution in [3.63, 3.8) is 0 Å². The molecule has 1 N–H and O–H groups in total. The second kappa shape index (κ2) is 4.97. The van der Waals surface area contributed by atoms with Gasteiger partial charge in [0.2, 0.25) is 0 Å². The first-order valence-electron chi connectivity index (χ1n) is 5.00. The summed E-state index contributed by atoms with van der Waals surface area (Å²) in [5.74, 6) is 0. The van der Waals surface area contributed by atoms with Gasteiger partial charge in [0.1, 0.15) is 0 Å². The van der Waals surface area contributed by atoms with E-state index in [9.17, 15) is 13.2 Å². The number of rotatable bonds is 2. The van der Waals surface area contributed by atoms with Gasteiger partial charge in [-0.1, -0.05) is 6.07 Å². The third-order valence-electron chi connectivity index (χ3n) is 2.24. The Morgan fingerprint density at radius 3 is 2.61 bits per heavy atom. The lowest BCUT2D eigenvalue weighted by Gasteiger charge is -2.11. The monoisotopic (exact) mass is 316 g/mol. The van der Waals surface area contributed by atoms with E-state index in [-0.39, 0.29) is 0 Å². The van der Waals surface area contributed by atoms with Crippen molar-refractivity contribution < 1.29 is 13.2 Å². The number of hydrogen-bond acceptors (Lipinski definition) is 2. The Morgan fingerprint density at radius 2 is 1.94 bits per heavy atom. The molecule has 0 atom stereocenters. The van der Waals surface area contributed by atoms with Gasteiger partial charge in [-0.15, -0.1) is 0 Å². The van der Waals surface area contributed by atoms with Crippen LogP contribution in [0.3, 0.4) is 0 Å². The predicted molar refractivity (Wildman–Crippen MR) is 66.7 cm³/mol. The summed E-state index contributed by atoms with van der Waals surface area (Å²) in [7, 11) is 0. The number of hydrogen-bond donors (Lipinski definition) is 1. The third-order valence-corrected chi connectivity index (χ3v) is 2.87. The molecule has 0 amide bonds. The Balaban J connectivity index is 2.28. The Morgan fingerprint density at radius 1 is 1.17 bits per heavy atom. The highest BCUT2D eigenvalue weighted by Crippen LogP contribution is 2.32. The summed E-state index contributed by atoms with van der Waals surface area (Å²) >= 11 is 3.26. The number of anilines is 2. The molecule has 2 aromatic rings. The molecule has 0 unspecified atom stereocenters. The third kappa shape index (κ3) is 3.01. The minimum absolute atomic E-state index is 0.372. The second-order valence-corrected chi connectivity index (χ2v) is 4.41. The van der Waals surface area contributed by atoms with Gasteiger partial charge in [-0.25, -0.2) is 0 Å². The standard InChI is InChI=1S/C12H8BrF3N2/c13-10-7-17-5-4-11(10)18-9-3-1-2-8(6-9)12(14,15)16/h1-7H,(H,17,18). The highest BCUT2D eigenvalue weighted by molar-refractivity contribution is 9.10. The summed E-state index contributed by atoms with van der Waals surface area (Å²) in [5.41, 5.74) is 0.346. The fraction of sp³-hybridized carbons (Fsp3) is 0.0833. The summed E-state index contributed by atoms with van der Waals surface area (Å²) in [6, 6.07) is 6.70. The zero-order valence-corrected chi connectivity index (χ0v) is 10.6. The van der Waals surface area contributed by atoms with Gasteiger partial charge in [0.15, 0.2) is 0 Å². The minimum atomic E-state index is -4.34. The molecule has 0 saturated carbocycles. The average molecular weight is 317 g/mol. The van der Waals surface area contributed by atoms with Crippen LogP contribution in [0.25, 0.3) is 0 Å². The molecule has 0 aliphatic rings. The largest absolute Gasteiger partial charge is 0.416 e.